The van der Waals surface area contributed by atoms with Crippen molar-refractivity contribution in [3.05, 3.63) is 10.8 Å². The van der Waals surface area contributed by atoms with Gasteiger partial charge in [0.15, 0.2) is 0 Å². The summed E-state index contributed by atoms with van der Waals surface area (Å²) >= 11 is 3.48. The lowest BCUT2D eigenvalue weighted by molar-refractivity contribution is 0.678. The molecule has 0 radical (unpaired) electrons. The Morgan fingerprint density at radius 2 is 2.11 bits per heavy atom. The fourth-order valence-electron chi connectivity index (χ4n) is 1.41. The first-order chi connectivity index (χ1) is 8.54. The molecule has 2 unspecified atom stereocenters. The predicted molar refractivity (Wildman–Crippen MR) is 80.5 cm³/mol. The Labute approximate surface area is 119 Å². The van der Waals surface area contributed by atoms with Crippen LogP contribution < -0.4 is 10.6 Å². The first-order valence-electron chi connectivity index (χ1n) is 5.85. The third-order valence-corrected chi connectivity index (χ3v) is 3.92. The predicted octanol–water partition coefficient (Wildman–Crippen LogP) is 2.24. The van der Waals surface area contributed by atoms with Crippen LogP contribution in [0.5, 0.6) is 0 Å². The van der Waals surface area contributed by atoms with E-state index in [0.29, 0.717) is 5.75 Å². The average molecular weight is 335 g/mol. The number of nitrogens with one attached hydrogen (secondary N) is 2. The smallest absolute Gasteiger partial charge is 0.146 e. The van der Waals surface area contributed by atoms with Crippen LogP contribution in [-0.2, 0) is 10.8 Å². The van der Waals surface area contributed by atoms with E-state index in [9.17, 15) is 4.21 Å². The van der Waals surface area contributed by atoms with E-state index in [1.54, 1.807) is 6.26 Å². The maximum Gasteiger partial charge on any atom is 0.146 e. The maximum atomic E-state index is 11.0. The average Bonchev–Trinajstić information content (AvgIpc) is 2.32. The molecule has 1 rings (SSSR count). The van der Waals surface area contributed by atoms with E-state index in [1.807, 2.05) is 13.8 Å². The highest BCUT2D eigenvalue weighted by Gasteiger charge is 2.10. The van der Waals surface area contributed by atoms with Gasteiger partial charge in [0.1, 0.15) is 22.4 Å². The third-order valence-electron chi connectivity index (χ3n) is 2.36. The number of anilines is 2. The summed E-state index contributed by atoms with van der Waals surface area (Å²) in [6.07, 6.45) is 4.09. The molecular formula is C11H19BrN4OS. The van der Waals surface area contributed by atoms with Crippen molar-refractivity contribution in [1.82, 2.24) is 9.97 Å². The summed E-state index contributed by atoms with van der Waals surface area (Å²) in [5, 5.41) is 6.44. The summed E-state index contributed by atoms with van der Waals surface area (Å²) in [6, 6.07) is 0.217. The molecule has 1 heterocycles. The van der Waals surface area contributed by atoms with Gasteiger partial charge in [-0.15, -0.1) is 0 Å². The number of hydrogen-bond acceptors (Lipinski definition) is 5. The summed E-state index contributed by atoms with van der Waals surface area (Å²) in [6.45, 7) is 4.87. The van der Waals surface area contributed by atoms with Crippen LogP contribution in [0.15, 0.2) is 10.8 Å². The molecule has 0 amide bonds. The summed E-state index contributed by atoms with van der Waals surface area (Å²) in [7, 11) is -0.754. The fraction of sp³-hybridized carbons (Fsp3) is 0.636. The molecule has 7 heteroatoms. The number of aromatic nitrogens is 2. The summed E-state index contributed by atoms with van der Waals surface area (Å²) in [5.41, 5.74) is 0. The molecule has 1 aromatic heterocycles. The minimum absolute atomic E-state index is 0.217. The van der Waals surface area contributed by atoms with Crippen LogP contribution in [0.2, 0.25) is 0 Å². The van der Waals surface area contributed by atoms with Gasteiger partial charge in [0.2, 0.25) is 0 Å². The van der Waals surface area contributed by atoms with Crippen LogP contribution in [0.25, 0.3) is 0 Å². The Kier molecular flexibility index (Phi) is 6.56. The highest BCUT2D eigenvalue weighted by Crippen LogP contribution is 2.26. The SMILES string of the molecule is CCNc1ncnc(NC(C)CCS(C)=O)c1Br. The number of halogens is 1. The molecule has 0 aromatic carbocycles. The monoisotopic (exact) mass is 334 g/mol. The molecule has 2 atom stereocenters. The fourth-order valence-corrected chi connectivity index (χ4v) is 2.55. The van der Waals surface area contributed by atoms with Gasteiger partial charge in [0.25, 0.3) is 0 Å². The molecule has 0 aliphatic heterocycles. The third kappa shape index (κ3) is 4.89. The van der Waals surface area contributed by atoms with Gasteiger partial charge in [-0.1, -0.05) is 0 Å². The largest absolute Gasteiger partial charge is 0.369 e. The molecule has 0 spiro atoms. The second kappa shape index (κ2) is 7.68. The number of rotatable bonds is 7. The minimum atomic E-state index is -0.754. The lowest BCUT2D eigenvalue weighted by atomic mass is 10.2. The van der Waals surface area contributed by atoms with Gasteiger partial charge in [-0.05, 0) is 36.2 Å². The summed E-state index contributed by atoms with van der Waals surface area (Å²) in [5.74, 6) is 2.23. The Morgan fingerprint density at radius 3 is 2.72 bits per heavy atom. The molecule has 1 aromatic rings. The molecule has 0 aliphatic rings. The van der Waals surface area contributed by atoms with E-state index in [1.165, 1.54) is 6.33 Å². The van der Waals surface area contributed by atoms with E-state index < -0.39 is 10.8 Å². The lowest BCUT2D eigenvalue weighted by Crippen LogP contribution is -2.19. The van der Waals surface area contributed by atoms with Crippen molar-refractivity contribution in [3.63, 3.8) is 0 Å². The van der Waals surface area contributed by atoms with Gasteiger partial charge in [0.05, 0.1) is 0 Å². The van der Waals surface area contributed by atoms with Crippen LogP contribution in [0.1, 0.15) is 20.3 Å². The maximum absolute atomic E-state index is 11.0. The zero-order valence-corrected chi connectivity index (χ0v) is 13.3. The van der Waals surface area contributed by atoms with E-state index in [0.717, 1.165) is 29.1 Å². The number of hydrogen-bond donors (Lipinski definition) is 2. The minimum Gasteiger partial charge on any atom is -0.369 e. The Morgan fingerprint density at radius 1 is 1.44 bits per heavy atom. The molecule has 0 saturated carbocycles. The molecular weight excluding hydrogens is 316 g/mol. The summed E-state index contributed by atoms with van der Waals surface area (Å²) < 4.78 is 11.9. The molecule has 18 heavy (non-hydrogen) atoms. The van der Waals surface area contributed by atoms with Gasteiger partial charge >= 0.3 is 0 Å². The molecule has 102 valence electrons. The van der Waals surface area contributed by atoms with Gasteiger partial charge < -0.3 is 10.6 Å². The highest BCUT2D eigenvalue weighted by atomic mass is 79.9. The Hall–Kier alpha value is -0.690. The zero-order valence-electron chi connectivity index (χ0n) is 10.9. The Balaban J connectivity index is 2.66. The van der Waals surface area contributed by atoms with Crippen molar-refractivity contribution in [2.75, 3.05) is 29.2 Å². The standard InChI is InChI=1S/C11H19BrN4OS/c1-4-13-10-9(12)11(15-7-14-10)16-8(2)5-6-18(3)17/h7-8H,4-6H2,1-3H3,(H2,13,14,15,16). The van der Waals surface area contributed by atoms with Crippen LogP contribution in [-0.4, -0.2) is 38.8 Å². The molecule has 0 bridgehead atoms. The van der Waals surface area contributed by atoms with Gasteiger partial charge in [-0.3, -0.25) is 4.21 Å². The van der Waals surface area contributed by atoms with Gasteiger partial charge in [-0.2, -0.15) is 0 Å². The quantitative estimate of drug-likeness (QED) is 0.800. The van der Waals surface area contributed by atoms with Crippen molar-refractivity contribution >= 4 is 38.4 Å². The van der Waals surface area contributed by atoms with Crippen LogP contribution >= 0.6 is 15.9 Å². The summed E-state index contributed by atoms with van der Waals surface area (Å²) in [4.78, 5) is 8.36. The first-order valence-corrected chi connectivity index (χ1v) is 8.37. The van der Waals surface area contributed by atoms with E-state index >= 15 is 0 Å². The zero-order chi connectivity index (χ0) is 13.5. The van der Waals surface area contributed by atoms with Crippen LogP contribution in [0.3, 0.4) is 0 Å². The molecule has 2 N–H and O–H groups in total. The van der Waals surface area contributed by atoms with E-state index in [-0.39, 0.29) is 6.04 Å². The molecule has 0 saturated heterocycles. The van der Waals surface area contributed by atoms with Gasteiger partial charge in [0, 0.05) is 35.4 Å². The first kappa shape index (κ1) is 15.4. The number of nitrogens with zero attached hydrogens (tertiary/aromatic N) is 2. The topological polar surface area (TPSA) is 66.9 Å². The second-order valence-corrected chi connectivity index (χ2v) is 6.37. The van der Waals surface area contributed by atoms with Crippen LogP contribution in [0.4, 0.5) is 11.6 Å². The van der Waals surface area contributed by atoms with Crippen molar-refractivity contribution in [2.24, 2.45) is 0 Å². The second-order valence-electron chi connectivity index (χ2n) is 4.03. The molecule has 0 fully saturated rings. The highest BCUT2D eigenvalue weighted by molar-refractivity contribution is 9.10. The molecule has 0 aliphatic carbocycles. The van der Waals surface area contributed by atoms with Crippen LogP contribution in [0, 0.1) is 0 Å². The van der Waals surface area contributed by atoms with E-state index in [4.69, 9.17) is 0 Å². The Bertz CT molecular complexity index is 416. The van der Waals surface area contributed by atoms with Crippen molar-refractivity contribution in [1.29, 1.82) is 0 Å². The van der Waals surface area contributed by atoms with Crippen molar-refractivity contribution in [2.45, 2.75) is 26.3 Å². The van der Waals surface area contributed by atoms with Gasteiger partial charge in [-0.25, -0.2) is 9.97 Å². The van der Waals surface area contributed by atoms with Crippen molar-refractivity contribution in [3.8, 4) is 0 Å². The normalized spacial score (nSPS) is 14.0. The lowest BCUT2D eigenvalue weighted by Gasteiger charge is -2.16. The van der Waals surface area contributed by atoms with Crippen molar-refractivity contribution < 1.29 is 4.21 Å². The van der Waals surface area contributed by atoms with E-state index in [2.05, 4.69) is 36.5 Å². The molecule has 5 nitrogen and oxygen atoms in total.